The fourth-order valence-corrected chi connectivity index (χ4v) is 7.45. The SMILES string of the molecule is C=C1[C@@H](OC(=O)CCc2ccccc2)CCC2(C)C[C@H](OC)C3=C(C)C(=O)CC([C@@H](OC(C)=O)[C@H]12)C3(C)C. The van der Waals surface area contributed by atoms with Gasteiger partial charge in [-0.3, -0.25) is 14.4 Å². The van der Waals surface area contributed by atoms with Crippen LogP contribution in [-0.4, -0.2) is 43.1 Å². The van der Waals surface area contributed by atoms with Crippen molar-refractivity contribution in [3.63, 3.8) is 0 Å². The van der Waals surface area contributed by atoms with Gasteiger partial charge in [-0.2, -0.15) is 0 Å². The molecule has 0 N–H and O–H groups in total. The first-order valence-corrected chi connectivity index (χ1v) is 13.8. The minimum atomic E-state index is -0.560. The molecule has 0 amide bonds. The van der Waals surface area contributed by atoms with Gasteiger partial charge < -0.3 is 14.2 Å². The predicted octanol–water partition coefficient (Wildman–Crippen LogP) is 5.79. The van der Waals surface area contributed by atoms with E-state index in [0.29, 0.717) is 19.3 Å². The van der Waals surface area contributed by atoms with Crippen LogP contribution >= 0.6 is 0 Å². The predicted molar refractivity (Wildman–Crippen MR) is 145 cm³/mol. The molecule has 1 aromatic carbocycles. The molecular formula is C32H42O6. The van der Waals surface area contributed by atoms with Crippen LogP contribution in [0.4, 0.5) is 0 Å². The lowest BCUT2D eigenvalue weighted by Gasteiger charge is -2.57. The highest BCUT2D eigenvalue weighted by molar-refractivity contribution is 5.97. The molecule has 6 atom stereocenters. The van der Waals surface area contributed by atoms with E-state index in [9.17, 15) is 14.4 Å². The Morgan fingerprint density at radius 3 is 2.39 bits per heavy atom. The number of benzene rings is 1. The zero-order chi connectivity index (χ0) is 27.8. The summed E-state index contributed by atoms with van der Waals surface area (Å²) in [5, 5.41) is 0. The van der Waals surface area contributed by atoms with Gasteiger partial charge in [-0.05, 0) is 65.7 Å². The molecule has 2 unspecified atom stereocenters. The highest BCUT2D eigenvalue weighted by Crippen LogP contribution is 2.59. The standard InChI is InChI=1S/C32H42O6/c1-19-24(34)17-23-30(37-21(3)33)29-20(2)25(38-27(35)14-13-22-11-9-8-10-12-22)15-16-32(29,6)18-26(36-7)28(19)31(23,4)5/h8-12,23,25-26,29-30H,2,13-18H2,1,3-7H3/t23?,25-,26-,29-,30+,32?/m0/s1. The number of Topliss-reactive ketones (excluding diaryl/α,β-unsaturated/α-hetero) is 1. The third kappa shape index (κ3) is 5.25. The lowest BCUT2D eigenvalue weighted by molar-refractivity contribution is -0.170. The molecule has 3 aliphatic carbocycles. The molecule has 2 saturated carbocycles. The Labute approximate surface area is 226 Å². The topological polar surface area (TPSA) is 78.9 Å². The van der Waals surface area contributed by atoms with Crippen LogP contribution in [0.1, 0.15) is 72.3 Å². The summed E-state index contributed by atoms with van der Waals surface area (Å²) in [4.78, 5) is 38.6. The lowest BCUT2D eigenvalue weighted by atomic mass is 9.50. The number of fused-ring (bicyclic) bond motifs is 3. The summed E-state index contributed by atoms with van der Waals surface area (Å²) < 4.78 is 18.2. The van der Waals surface area contributed by atoms with E-state index >= 15 is 0 Å². The van der Waals surface area contributed by atoms with E-state index in [4.69, 9.17) is 14.2 Å². The first kappa shape index (κ1) is 28.3. The molecule has 206 valence electrons. The van der Waals surface area contributed by atoms with Gasteiger partial charge in [-0.1, -0.05) is 57.7 Å². The van der Waals surface area contributed by atoms with E-state index in [-0.39, 0.29) is 53.9 Å². The van der Waals surface area contributed by atoms with E-state index in [1.54, 1.807) is 7.11 Å². The Hall–Kier alpha value is -2.73. The van der Waals surface area contributed by atoms with Gasteiger partial charge in [0.25, 0.3) is 0 Å². The molecule has 2 bridgehead atoms. The van der Waals surface area contributed by atoms with Crippen LogP contribution in [0.25, 0.3) is 0 Å². The van der Waals surface area contributed by atoms with E-state index in [0.717, 1.165) is 28.7 Å². The monoisotopic (exact) mass is 522 g/mol. The van der Waals surface area contributed by atoms with Gasteiger partial charge in [0.15, 0.2) is 5.78 Å². The van der Waals surface area contributed by atoms with Crippen molar-refractivity contribution in [2.45, 2.75) is 91.5 Å². The molecule has 38 heavy (non-hydrogen) atoms. The second kappa shape index (κ2) is 10.8. The van der Waals surface area contributed by atoms with Crippen molar-refractivity contribution in [2.24, 2.45) is 22.7 Å². The molecule has 6 heteroatoms. The fourth-order valence-electron chi connectivity index (χ4n) is 7.45. The smallest absolute Gasteiger partial charge is 0.306 e. The number of aryl methyl sites for hydroxylation is 1. The summed E-state index contributed by atoms with van der Waals surface area (Å²) in [6, 6.07) is 9.87. The van der Waals surface area contributed by atoms with Crippen molar-refractivity contribution < 1.29 is 28.6 Å². The van der Waals surface area contributed by atoms with Crippen LogP contribution in [0.5, 0.6) is 0 Å². The van der Waals surface area contributed by atoms with Gasteiger partial charge in [0, 0.05) is 38.7 Å². The van der Waals surface area contributed by atoms with Gasteiger partial charge in [0.05, 0.1) is 6.10 Å². The van der Waals surface area contributed by atoms with E-state index < -0.39 is 17.6 Å². The molecule has 6 nitrogen and oxygen atoms in total. The number of allylic oxidation sites excluding steroid dienone is 1. The Morgan fingerprint density at radius 1 is 1.08 bits per heavy atom. The summed E-state index contributed by atoms with van der Waals surface area (Å²) in [5.74, 6) is -1.10. The highest BCUT2D eigenvalue weighted by Gasteiger charge is 2.59. The molecule has 0 saturated heterocycles. The van der Waals surface area contributed by atoms with Crippen molar-refractivity contribution in [1.29, 1.82) is 0 Å². The van der Waals surface area contributed by atoms with Crippen molar-refractivity contribution in [3.8, 4) is 0 Å². The second-order valence-electron chi connectivity index (χ2n) is 12.2. The average molecular weight is 523 g/mol. The van der Waals surface area contributed by atoms with Crippen LogP contribution < -0.4 is 0 Å². The molecule has 0 spiro atoms. The first-order valence-electron chi connectivity index (χ1n) is 13.8. The number of hydrogen-bond acceptors (Lipinski definition) is 6. The maximum atomic E-state index is 13.2. The van der Waals surface area contributed by atoms with Crippen LogP contribution in [0, 0.1) is 22.7 Å². The van der Waals surface area contributed by atoms with Crippen LogP contribution in [0.3, 0.4) is 0 Å². The highest BCUT2D eigenvalue weighted by atomic mass is 16.6. The van der Waals surface area contributed by atoms with E-state index in [1.807, 2.05) is 37.3 Å². The van der Waals surface area contributed by atoms with E-state index in [2.05, 4.69) is 27.4 Å². The maximum Gasteiger partial charge on any atom is 0.306 e. The molecule has 2 fully saturated rings. The van der Waals surface area contributed by atoms with Crippen LogP contribution in [0.2, 0.25) is 0 Å². The minimum Gasteiger partial charge on any atom is -0.462 e. The van der Waals surface area contributed by atoms with Crippen molar-refractivity contribution >= 4 is 17.7 Å². The van der Waals surface area contributed by atoms with Crippen molar-refractivity contribution in [2.75, 3.05) is 7.11 Å². The molecule has 1 aromatic rings. The zero-order valence-electron chi connectivity index (χ0n) is 23.7. The summed E-state index contributed by atoms with van der Waals surface area (Å²) in [7, 11) is 1.70. The molecule has 0 radical (unpaired) electrons. The third-order valence-electron chi connectivity index (χ3n) is 9.41. The molecule has 4 rings (SSSR count). The quantitative estimate of drug-likeness (QED) is 0.348. The lowest BCUT2D eigenvalue weighted by Crippen LogP contribution is -2.57. The van der Waals surface area contributed by atoms with Crippen LogP contribution in [0.15, 0.2) is 53.6 Å². The summed E-state index contributed by atoms with van der Waals surface area (Å²) in [5.41, 5.74) is 2.89. The summed E-state index contributed by atoms with van der Waals surface area (Å²) in [6.45, 7) is 14.2. The van der Waals surface area contributed by atoms with Crippen LogP contribution in [-0.2, 0) is 35.0 Å². The largest absolute Gasteiger partial charge is 0.462 e. The molecule has 0 aliphatic heterocycles. The third-order valence-corrected chi connectivity index (χ3v) is 9.41. The van der Waals surface area contributed by atoms with Crippen molar-refractivity contribution in [1.82, 2.24) is 0 Å². The number of carbonyl (C=O) groups excluding carboxylic acids is 3. The average Bonchev–Trinajstić information content (AvgIpc) is 2.85. The Bertz CT molecular complexity index is 1130. The molecule has 0 heterocycles. The summed E-state index contributed by atoms with van der Waals surface area (Å²) in [6.07, 6.45) is 2.00. The number of ether oxygens (including phenoxy) is 3. The maximum absolute atomic E-state index is 13.2. The van der Waals surface area contributed by atoms with Gasteiger partial charge in [-0.15, -0.1) is 0 Å². The Balaban J connectivity index is 1.67. The number of ketones is 1. The second-order valence-corrected chi connectivity index (χ2v) is 12.2. The van der Waals surface area contributed by atoms with Gasteiger partial charge >= 0.3 is 11.9 Å². The Morgan fingerprint density at radius 2 is 1.76 bits per heavy atom. The zero-order valence-corrected chi connectivity index (χ0v) is 23.7. The minimum absolute atomic E-state index is 0.0671. The van der Waals surface area contributed by atoms with Gasteiger partial charge in [-0.25, -0.2) is 0 Å². The number of hydrogen-bond donors (Lipinski definition) is 0. The molecule has 0 aromatic heterocycles. The van der Waals surface area contributed by atoms with Gasteiger partial charge in [0.1, 0.15) is 12.2 Å². The first-order chi connectivity index (χ1) is 17.9. The number of esters is 2. The fraction of sp³-hybridized carbons (Fsp3) is 0.594. The normalized spacial score (nSPS) is 32.6. The van der Waals surface area contributed by atoms with Gasteiger partial charge in [0.2, 0.25) is 0 Å². The molecule has 3 aliphatic rings. The number of methoxy groups -OCH3 is 1. The Kier molecular flexibility index (Phi) is 8.04. The number of carbonyl (C=O) groups is 3. The van der Waals surface area contributed by atoms with E-state index in [1.165, 1.54) is 6.92 Å². The molecular weight excluding hydrogens is 480 g/mol. The summed E-state index contributed by atoms with van der Waals surface area (Å²) >= 11 is 0. The van der Waals surface area contributed by atoms with Crippen molar-refractivity contribution in [3.05, 3.63) is 59.2 Å². The number of rotatable bonds is 6.